The molecule has 19 heavy (non-hydrogen) atoms. The van der Waals surface area contributed by atoms with Crippen molar-refractivity contribution in [2.24, 2.45) is 11.7 Å². The molecule has 6 heteroatoms. The molecule has 3 atom stereocenters. The zero-order valence-corrected chi connectivity index (χ0v) is 12.2. The highest BCUT2D eigenvalue weighted by Crippen LogP contribution is 2.39. The zero-order chi connectivity index (χ0) is 12.5. The third-order valence-corrected chi connectivity index (χ3v) is 4.51. The van der Waals surface area contributed by atoms with Gasteiger partial charge in [-0.25, -0.2) is 0 Å². The van der Waals surface area contributed by atoms with Gasteiger partial charge in [-0.2, -0.15) is 4.98 Å². The molecule has 0 spiro atoms. The van der Waals surface area contributed by atoms with Gasteiger partial charge in [-0.15, -0.1) is 12.4 Å². The quantitative estimate of drug-likeness (QED) is 0.922. The van der Waals surface area contributed by atoms with Gasteiger partial charge < -0.3 is 10.3 Å². The molecule has 1 aromatic rings. The molecular weight excluding hydrogens is 264 g/mol. The summed E-state index contributed by atoms with van der Waals surface area (Å²) in [6.07, 6.45) is 6.82. The molecule has 2 fully saturated rings. The van der Waals surface area contributed by atoms with Crippen molar-refractivity contribution >= 4 is 12.4 Å². The van der Waals surface area contributed by atoms with Gasteiger partial charge in [-0.05, 0) is 32.1 Å². The zero-order valence-electron chi connectivity index (χ0n) is 11.4. The minimum absolute atomic E-state index is 0. The van der Waals surface area contributed by atoms with Gasteiger partial charge in [0.25, 0.3) is 0 Å². The number of rotatable bonds is 3. The lowest BCUT2D eigenvalue weighted by Gasteiger charge is -2.32. The molecule has 1 aromatic heterocycles. The van der Waals surface area contributed by atoms with E-state index >= 15 is 0 Å². The van der Waals surface area contributed by atoms with Gasteiger partial charge in [-0.3, -0.25) is 4.90 Å². The van der Waals surface area contributed by atoms with Crippen LogP contribution in [0.15, 0.2) is 4.52 Å². The standard InChI is InChI=1S/C13H22N4O.ClH/c1-9-6-10-4-2-3-5-11(10)17(9)8-12-15-13(7-14)18-16-12;/h9-11H,2-8,14H2,1H3;1H. The molecule has 1 aliphatic carbocycles. The Labute approximate surface area is 120 Å². The van der Waals surface area contributed by atoms with Gasteiger partial charge in [0.2, 0.25) is 5.89 Å². The summed E-state index contributed by atoms with van der Waals surface area (Å²) in [5.74, 6) is 2.21. The van der Waals surface area contributed by atoms with Crippen LogP contribution in [0.5, 0.6) is 0 Å². The summed E-state index contributed by atoms with van der Waals surface area (Å²) in [4.78, 5) is 6.88. The summed E-state index contributed by atoms with van der Waals surface area (Å²) in [7, 11) is 0. The first kappa shape index (κ1) is 14.8. The van der Waals surface area contributed by atoms with Crippen LogP contribution < -0.4 is 5.73 Å². The molecule has 2 aliphatic rings. The smallest absolute Gasteiger partial charge is 0.240 e. The number of hydrogen-bond donors (Lipinski definition) is 1. The van der Waals surface area contributed by atoms with Crippen LogP contribution in [0.1, 0.15) is 50.7 Å². The second-order valence-corrected chi connectivity index (χ2v) is 5.68. The minimum Gasteiger partial charge on any atom is -0.338 e. The molecule has 2 N–H and O–H groups in total. The van der Waals surface area contributed by atoms with E-state index in [2.05, 4.69) is 22.0 Å². The van der Waals surface area contributed by atoms with E-state index in [-0.39, 0.29) is 12.4 Å². The van der Waals surface area contributed by atoms with Crippen molar-refractivity contribution < 1.29 is 4.52 Å². The molecule has 108 valence electrons. The van der Waals surface area contributed by atoms with Crippen molar-refractivity contribution in [3.05, 3.63) is 11.7 Å². The van der Waals surface area contributed by atoms with E-state index in [4.69, 9.17) is 10.3 Å². The highest BCUT2D eigenvalue weighted by molar-refractivity contribution is 5.85. The van der Waals surface area contributed by atoms with Crippen molar-refractivity contribution in [2.75, 3.05) is 0 Å². The summed E-state index contributed by atoms with van der Waals surface area (Å²) in [5.41, 5.74) is 5.49. The van der Waals surface area contributed by atoms with Crippen molar-refractivity contribution in [1.82, 2.24) is 15.0 Å². The summed E-state index contributed by atoms with van der Waals surface area (Å²) in [6, 6.07) is 1.37. The molecule has 3 rings (SSSR count). The fourth-order valence-corrected chi connectivity index (χ4v) is 3.67. The largest absolute Gasteiger partial charge is 0.338 e. The minimum atomic E-state index is 0. The van der Waals surface area contributed by atoms with Crippen LogP contribution in [-0.2, 0) is 13.1 Å². The average molecular weight is 287 g/mol. The lowest BCUT2D eigenvalue weighted by Crippen LogP contribution is -2.37. The molecule has 1 aliphatic heterocycles. The van der Waals surface area contributed by atoms with E-state index in [9.17, 15) is 0 Å². The van der Waals surface area contributed by atoms with Gasteiger partial charge in [0.1, 0.15) is 0 Å². The van der Waals surface area contributed by atoms with Crippen molar-refractivity contribution in [1.29, 1.82) is 0 Å². The Balaban J connectivity index is 0.00000133. The molecule has 3 unspecified atom stereocenters. The number of fused-ring (bicyclic) bond motifs is 1. The number of nitrogens with two attached hydrogens (primary N) is 1. The number of nitrogens with zero attached hydrogens (tertiary/aromatic N) is 3. The predicted octanol–water partition coefficient (Wildman–Crippen LogP) is 2.10. The average Bonchev–Trinajstić information content (AvgIpc) is 2.96. The Morgan fingerprint density at radius 2 is 2.16 bits per heavy atom. The van der Waals surface area contributed by atoms with Gasteiger partial charge in [0.05, 0.1) is 13.1 Å². The fraction of sp³-hybridized carbons (Fsp3) is 0.846. The lowest BCUT2D eigenvalue weighted by molar-refractivity contribution is 0.144. The Bertz CT molecular complexity index is 411. The van der Waals surface area contributed by atoms with Crippen LogP contribution in [0, 0.1) is 5.92 Å². The van der Waals surface area contributed by atoms with Gasteiger partial charge in [-0.1, -0.05) is 18.0 Å². The Hall–Kier alpha value is -0.650. The van der Waals surface area contributed by atoms with E-state index in [1.807, 2.05) is 0 Å². The SMILES string of the molecule is CC1CC2CCCCC2N1Cc1noc(CN)n1.Cl. The number of aromatic nitrogens is 2. The highest BCUT2D eigenvalue weighted by Gasteiger charge is 2.40. The van der Waals surface area contributed by atoms with Crippen molar-refractivity contribution in [3.8, 4) is 0 Å². The van der Waals surface area contributed by atoms with Gasteiger partial charge in [0, 0.05) is 12.1 Å². The predicted molar refractivity (Wildman–Crippen MR) is 74.8 cm³/mol. The molecule has 2 heterocycles. The van der Waals surface area contributed by atoms with Gasteiger partial charge in [0.15, 0.2) is 5.82 Å². The fourth-order valence-electron chi connectivity index (χ4n) is 3.67. The normalized spacial score (nSPS) is 30.9. The third kappa shape index (κ3) is 2.93. The van der Waals surface area contributed by atoms with E-state index in [0.717, 1.165) is 24.3 Å². The maximum Gasteiger partial charge on any atom is 0.240 e. The molecular formula is C13H23ClN4O. The van der Waals surface area contributed by atoms with E-state index in [1.54, 1.807) is 0 Å². The van der Waals surface area contributed by atoms with Crippen LogP contribution in [0.4, 0.5) is 0 Å². The summed E-state index contributed by atoms with van der Waals surface area (Å²) in [5, 5.41) is 4.01. The maximum atomic E-state index is 5.49. The molecule has 5 nitrogen and oxygen atoms in total. The summed E-state index contributed by atoms with van der Waals surface area (Å²) in [6.45, 7) is 3.46. The Morgan fingerprint density at radius 1 is 1.37 bits per heavy atom. The Morgan fingerprint density at radius 3 is 2.89 bits per heavy atom. The lowest BCUT2D eigenvalue weighted by atomic mass is 9.85. The third-order valence-electron chi connectivity index (χ3n) is 4.51. The summed E-state index contributed by atoms with van der Waals surface area (Å²) >= 11 is 0. The summed E-state index contributed by atoms with van der Waals surface area (Å²) < 4.78 is 5.08. The van der Waals surface area contributed by atoms with Crippen LogP contribution >= 0.6 is 12.4 Å². The van der Waals surface area contributed by atoms with Crippen LogP contribution in [0.25, 0.3) is 0 Å². The molecule has 0 bridgehead atoms. The topological polar surface area (TPSA) is 68.2 Å². The molecule has 0 radical (unpaired) electrons. The van der Waals surface area contributed by atoms with Crippen LogP contribution in [-0.4, -0.2) is 27.1 Å². The van der Waals surface area contributed by atoms with Crippen LogP contribution in [0.3, 0.4) is 0 Å². The van der Waals surface area contributed by atoms with Crippen LogP contribution in [0.2, 0.25) is 0 Å². The maximum absolute atomic E-state index is 5.49. The van der Waals surface area contributed by atoms with E-state index in [0.29, 0.717) is 18.5 Å². The number of likely N-dealkylation sites (tertiary alicyclic amines) is 1. The highest BCUT2D eigenvalue weighted by atomic mass is 35.5. The first-order valence-corrected chi connectivity index (χ1v) is 7.05. The van der Waals surface area contributed by atoms with E-state index in [1.165, 1.54) is 32.1 Å². The van der Waals surface area contributed by atoms with Crippen molar-refractivity contribution in [2.45, 2.75) is 64.2 Å². The van der Waals surface area contributed by atoms with E-state index < -0.39 is 0 Å². The first-order chi connectivity index (χ1) is 8.78. The van der Waals surface area contributed by atoms with Gasteiger partial charge >= 0.3 is 0 Å². The first-order valence-electron chi connectivity index (χ1n) is 7.05. The Kier molecular flexibility index (Phi) is 4.81. The molecule has 1 saturated carbocycles. The molecule has 0 aromatic carbocycles. The number of halogens is 1. The monoisotopic (exact) mass is 286 g/mol. The second-order valence-electron chi connectivity index (χ2n) is 5.68. The van der Waals surface area contributed by atoms with Crippen molar-refractivity contribution in [3.63, 3.8) is 0 Å². The molecule has 0 amide bonds. The molecule has 1 saturated heterocycles. The number of hydrogen-bond acceptors (Lipinski definition) is 5. The second kappa shape index (κ2) is 6.20.